The van der Waals surface area contributed by atoms with E-state index in [1.807, 2.05) is 6.92 Å². The molecule has 0 aromatic rings. The molecule has 7 unspecified atom stereocenters. The molecule has 0 spiro atoms. The second-order valence-corrected chi connectivity index (χ2v) is 16.7. The largest absolute Gasteiger partial charge is 0.376 e. The number of hydrogen-bond donors (Lipinski definition) is 3. The fourth-order valence-electron chi connectivity index (χ4n) is 5.29. The number of carbonyl (C=O) groups is 2. The number of hydrogen-bond acceptors (Lipinski definition) is 7. The maximum Gasteiger partial charge on any atom is 0.325 e. The van der Waals surface area contributed by atoms with Crippen LogP contribution >= 0.6 is 0 Å². The molecule has 4 saturated heterocycles. The van der Waals surface area contributed by atoms with Gasteiger partial charge in [-0.1, -0.05) is 19.6 Å². The molecule has 12 heteroatoms. The van der Waals surface area contributed by atoms with Crippen molar-refractivity contribution in [1.29, 1.82) is 0 Å². The molecule has 4 fully saturated rings. The quantitative estimate of drug-likeness (QED) is 0.367. The molecule has 4 rings (SSSR count). The van der Waals surface area contributed by atoms with Crippen LogP contribution in [0.15, 0.2) is 0 Å². The molecule has 0 aliphatic carbocycles. The van der Waals surface area contributed by atoms with Crippen molar-refractivity contribution in [3.05, 3.63) is 0 Å². The van der Waals surface area contributed by atoms with E-state index in [0.717, 1.165) is 6.04 Å². The van der Waals surface area contributed by atoms with E-state index in [2.05, 4.69) is 30.3 Å². The molecule has 10 nitrogen and oxygen atoms in total. The predicted octanol–water partition coefficient (Wildman–Crippen LogP) is 1.00. The Bertz CT molecular complexity index is 758. The van der Waals surface area contributed by atoms with Crippen molar-refractivity contribution in [2.75, 3.05) is 26.5 Å². The summed E-state index contributed by atoms with van der Waals surface area (Å²) in [5.41, 5.74) is 5.57. The molecule has 0 aromatic carbocycles. The average Bonchev–Trinajstić information content (AvgIpc) is 3.02. The van der Waals surface area contributed by atoms with Crippen molar-refractivity contribution >= 4 is 20.0 Å². The van der Waals surface area contributed by atoms with Gasteiger partial charge in [0.2, 0.25) is 5.91 Å². The lowest BCUT2D eigenvalue weighted by atomic mass is 9.91. The molecular formula is C22H40FN5O5Si. The molecule has 0 radical (unpaired) electrons. The van der Waals surface area contributed by atoms with Crippen LogP contribution in [0.1, 0.15) is 26.2 Å². The normalized spacial score (nSPS) is 38.9. The summed E-state index contributed by atoms with van der Waals surface area (Å²) in [6, 6.07) is 0.292. The van der Waals surface area contributed by atoms with Crippen LogP contribution in [0, 0.1) is 5.92 Å². The molecule has 8 atom stereocenters. The predicted molar refractivity (Wildman–Crippen MR) is 126 cm³/mol. The number of rotatable bonds is 6. The highest BCUT2D eigenvalue weighted by Crippen LogP contribution is 2.36. The molecule has 4 N–H and O–H groups in total. The maximum atomic E-state index is 15.5. The zero-order valence-electron chi connectivity index (χ0n) is 20.7. The third-order valence-corrected chi connectivity index (χ3v) is 8.96. The van der Waals surface area contributed by atoms with E-state index in [1.54, 1.807) is 9.80 Å². The van der Waals surface area contributed by atoms with E-state index in [1.165, 1.54) is 0 Å². The Labute approximate surface area is 202 Å². The molecule has 4 aliphatic rings. The minimum Gasteiger partial charge on any atom is -0.376 e. The van der Waals surface area contributed by atoms with Crippen LogP contribution in [-0.2, 0) is 19.0 Å². The van der Waals surface area contributed by atoms with Gasteiger partial charge in [0.15, 0.2) is 0 Å². The number of alkyl halides is 1. The number of primary amides is 1. The summed E-state index contributed by atoms with van der Waals surface area (Å²) in [4.78, 5) is 28.9. The van der Waals surface area contributed by atoms with Gasteiger partial charge in [0.1, 0.15) is 31.5 Å². The van der Waals surface area contributed by atoms with E-state index in [9.17, 15) is 9.59 Å². The Morgan fingerprint density at radius 2 is 2.06 bits per heavy atom. The van der Waals surface area contributed by atoms with Gasteiger partial charge in [-0.15, -0.1) is 0 Å². The van der Waals surface area contributed by atoms with Crippen molar-refractivity contribution in [2.45, 2.75) is 94.9 Å². The van der Waals surface area contributed by atoms with Crippen LogP contribution in [0.3, 0.4) is 0 Å². The molecule has 3 amide bonds. The number of halogens is 1. The van der Waals surface area contributed by atoms with Gasteiger partial charge in [-0.2, -0.15) is 0 Å². The van der Waals surface area contributed by atoms with Crippen LogP contribution in [0.4, 0.5) is 9.18 Å². The number of nitrogens with one attached hydrogen (secondary N) is 2. The smallest absolute Gasteiger partial charge is 0.325 e. The van der Waals surface area contributed by atoms with E-state index in [0.29, 0.717) is 32.6 Å². The summed E-state index contributed by atoms with van der Waals surface area (Å²) in [6.07, 6.45) is -2.78. The molecule has 4 heterocycles. The summed E-state index contributed by atoms with van der Waals surface area (Å²) < 4.78 is 33.8. The Kier molecular flexibility index (Phi) is 7.85. The lowest BCUT2D eigenvalue weighted by Gasteiger charge is -2.45. The second kappa shape index (κ2) is 10.4. The Balaban J connectivity index is 1.59. The topological polar surface area (TPSA) is 118 Å². The first-order valence-electron chi connectivity index (χ1n) is 12.4. The van der Waals surface area contributed by atoms with Gasteiger partial charge in [-0.3, -0.25) is 25.2 Å². The van der Waals surface area contributed by atoms with Crippen molar-refractivity contribution in [3.8, 4) is 0 Å². The molecule has 194 valence electrons. The van der Waals surface area contributed by atoms with Gasteiger partial charge in [0.25, 0.3) is 0 Å². The summed E-state index contributed by atoms with van der Waals surface area (Å²) in [7, 11) is -1.27. The Morgan fingerprint density at radius 3 is 2.76 bits per heavy atom. The van der Waals surface area contributed by atoms with E-state index in [-0.39, 0.29) is 37.6 Å². The third-order valence-electron chi connectivity index (χ3n) is 7.26. The van der Waals surface area contributed by atoms with Gasteiger partial charge in [-0.25, -0.2) is 9.18 Å². The standard InChI is InChI=1S/C22H40FN5O5Si/c1-13-6-8-32-16-5-7-25-20-17(16)28(22(30)27(20)12-31-9-10-34(2,3)4)19-15(23)11-14(18(24)29)21(26-19)33-13/h13-17,19-21,25-26H,5-12H2,1-4H3,(H2,24,29)/t13-,14?,15?,16?,17?,19?,20?,21?/m1/s1. The van der Waals surface area contributed by atoms with Gasteiger partial charge in [0.05, 0.1) is 24.2 Å². The number of urea groups is 1. The van der Waals surface area contributed by atoms with Crippen LogP contribution in [0.2, 0.25) is 25.7 Å². The van der Waals surface area contributed by atoms with Crippen LogP contribution in [0.25, 0.3) is 0 Å². The van der Waals surface area contributed by atoms with Gasteiger partial charge >= 0.3 is 6.03 Å². The number of ether oxygens (including phenoxy) is 3. The second-order valence-electron chi connectivity index (χ2n) is 11.1. The summed E-state index contributed by atoms with van der Waals surface area (Å²) in [5.74, 6) is -1.43. The first kappa shape index (κ1) is 25.8. The van der Waals surface area contributed by atoms with Gasteiger partial charge in [-0.05, 0) is 38.8 Å². The van der Waals surface area contributed by atoms with Crippen molar-refractivity contribution in [2.24, 2.45) is 11.7 Å². The summed E-state index contributed by atoms with van der Waals surface area (Å²) in [5, 5.41) is 6.55. The van der Waals surface area contributed by atoms with E-state index < -0.39 is 44.5 Å². The lowest BCUT2D eigenvalue weighted by Crippen LogP contribution is -2.68. The highest BCUT2D eigenvalue weighted by atomic mass is 28.3. The molecule has 34 heavy (non-hydrogen) atoms. The monoisotopic (exact) mass is 501 g/mol. The highest BCUT2D eigenvalue weighted by molar-refractivity contribution is 6.76. The Hall–Kier alpha value is -1.31. The van der Waals surface area contributed by atoms with Crippen molar-refractivity contribution < 1.29 is 28.2 Å². The summed E-state index contributed by atoms with van der Waals surface area (Å²) in [6.45, 7) is 10.6. The third kappa shape index (κ3) is 5.41. The first-order chi connectivity index (χ1) is 16.1. The fourth-order valence-corrected chi connectivity index (χ4v) is 6.05. The zero-order chi connectivity index (χ0) is 24.6. The van der Waals surface area contributed by atoms with Crippen molar-refractivity contribution in [3.63, 3.8) is 0 Å². The lowest BCUT2D eigenvalue weighted by molar-refractivity contribution is -0.144. The number of amides is 3. The minimum absolute atomic E-state index is 0.1000. The molecule has 4 aliphatic heterocycles. The summed E-state index contributed by atoms with van der Waals surface area (Å²) >= 11 is 0. The fraction of sp³-hybridized carbons (Fsp3) is 0.909. The van der Waals surface area contributed by atoms with Crippen LogP contribution in [0.5, 0.6) is 0 Å². The van der Waals surface area contributed by atoms with Crippen LogP contribution < -0.4 is 16.4 Å². The molecular weight excluding hydrogens is 461 g/mol. The molecule has 2 bridgehead atoms. The number of nitrogens with zero attached hydrogens (tertiary/aromatic N) is 2. The highest BCUT2D eigenvalue weighted by Gasteiger charge is 2.57. The molecule has 0 aromatic heterocycles. The average molecular weight is 502 g/mol. The number of nitrogens with two attached hydrogens (primary N) is 1. The van der Waals surface area contributed by atoms with Gasteiger partial charge in [0, 0.05) is 21.3 Å². The van der Waals surface area contributed by atoms with Crippen molar-refractivity contribution in [1.82, 2.24) is 20.4 Å². The van der Waals surface area contributed by atoms with Crippen LogP contribution in [-0.4, -0.2) is 99.3 Å². The Morgan fingerprint density at radius 1 is 1.29 bits per heavy atom. The SMILES string of the molecule is C[C@@H]1CCOC2CCNC3C2N(C(=O)N3COCC[Si](C)(C)C)C2NC(O1)C(C(N)=O)CC2F. The number of piperidine rings is 2. The zero-order valence-corrected chi connectivity index (χ0v) is 21.7. The molecule has 0 saturated carbocycles. The number of fused-ring (bicyclic) bond motifs is 3. The minimum atomic E-state index is -1.48. The van der Waals surface area contributed by atoms with E-state index in [4.69, 9.17) is 19.9 Å². The number of carbonyl (C=O) groups excluding carboxylic acids is 2. The maximum absolute atomic E-state index is 15.5. The van der Waals surface area contributed by atoms with Gasteiger partial charge < -0.3 is 19.9 Å². The first-order valence-corrected chi connectivity index (χ1v) is 16.1. The van der Waals surface area contributed by atoms with E-state index >= 15 is 4.39 Å².